The topological polar surface area (TPSA) is 84.3 Å². The van der Waals surface area contributed by atoms with Gasteiger partial charge in [-0.1, -0.05) is 6.07 Å². The lowest BCUT2D eigenvalue weighted by Gasteiger charge is -2.29. The van der Waals surface area contributed by atoms with Gasteiger partial charge < -0.3 is 24.8 Å². The van der Waals surface area contributed by atoms with Crippen LogP contribution in [0.4, 0.5) is 11.4 Å². The van der Waals surface area contributed by atoms with Gasteiger partial charge in [0, 0.05) is 54.7 Å². The van der Waals surface area contributed by atoms with Crippen LogP contribution < -0.4 is 15.5 Å². The molecule has 1 aromatic carbocycles. The van der Waals surface area contributed by atoms with Crippen LogP contribution in [-0.4, -0.2) is 39.3 Å². The maximum absolute atomic E-state index is 12.0. The Hall–Kier alpha value is -4.08. The van der Waals surface area contributed by atoms with Gasteiger partial charge in [-0.05, 0) is 79.3 Å². The van der Waals surface area contributed by atoms with E-state index in [4.69, 9.17) is 17.0 Å². The van der Waals surface area contributed by atoms with E-state index >= 15 is 0 Å². The van der Waals surface area contributed by atoms with Gasteiger partial charge in [-0.25, -0.2) is 0 Å². The van der Waals surface area contributed by atoms with Gasteiger partial charge in [0.2, 0.25) is 5.91 Å². The molecule has 5 rings (SSSR count). The van der Waals surface area contributed by atoms with E-state index in [1.165, 1.54) is 7.11 Å². The molecule has 1 fully saturated rings. The van der Waals surface area contributed by atoms with Crippen LogP contribution in [0.25, 0.3) is 5.69 Å². The van der Waals surface area contributed by atoms with E-state index in [1.54, 1.807) is 18.6 Å². The molecular weight excluding hydrogens is 472 g/mol. The number of aryl methyl sites for hydroxylation is 1. The van der Waals surface area contributed by atoms with Crippen molar-refractivity contribution in [2.75, 3.05) is 23.9 Å². The summed E-state index contributed by atoms with van der Waals surface area (Å²) in [6, 6.07) is 19.5. The lowest BCUT2D eigenvalue weighted by Crippen LogP contribution is -2.30. The number of carbonyl (C=O) groups is 1. The summed E-state index contributed by atoms with van der Waals surface area (Å²) in [4.78, 5) is 23.0. The van der Waals surface area contributed by atoms with E-state index in [1.807, 2.05) is 67.7 Å². The third kappa shape index (κ3) is 4.58. The Labute approximate surface area is 215 Å². The number of thiocarbonyl (C=S) groups is 1. The lowest BCUT2D eigenvalue weighted by molar-refractivity contribution is -0.119. The molecule has 1 amide bonds. The van der Waals surface area contributed by atoms with E-state index in [-0.39, 0.29) is 24.6 Å². The molecule has 1 aliphatic heterocycles. The van der Waals surface area contributed by atoms with E-state index in [9.17, 15) is 4.79 Å². The van der Waals surface area contributed by atoms with Crippen molar-refractivity contribution >= 4 is 34.6 Å². The van der Waals surface area contributed by atoms with Crippen molar-refractivity contribution in [2.45, 2.75) is 19.0 Å². The number of methoxy groups -OCH3 is 1. The zero-order chi connectivity index (χ0) is 25.1. The Morgan fingerprint density at radius 2 is 1.92 bits per heavy atom. The van der Waals surface area contributed by atoms with Crippen LogP contribution in [0, 0.1) is 6.92 Å². The van der Waals surface area contributed by atoms with Gasteiger partial charge in [-0.3, -0.25) is 14.8 Å². The van der Waals surface area contributed by atoms with Crippen LogP contribution in [-0.2, 0) is 9.53 Å². The number of pyridine rings is 2. The van der Waals surface area contributed by atoms with Gasteiger partial charge in [0.1, 0.15) is 12.6 Å². The van der Waals surface area contributed by atoms with Gasteiger partial charge in [0.05, 0.1) is 11.7 Å². The highest BCUT2D eigenvalue weighted by Gasteiger charge is 2.42. The monoisotopic (exact) mass is 498 g/mol. The molecule has 1 saturated heterocycles. The number of ether oxygens (including phenoxy) is 1. The smallest absolute Gasteiger partial charge is 0.250 e. The second-order valence-electron chi connectivity index (χ2n) is 8.49. The number of carbonyl (C=O) groups excluding carboxylic acids is 1. The second kappa shape index (κ2) is 10.3. The summed E-state index contributed by atoms with van der Waals surface area (Å²) >= 11 is 5.87. The van der Waals surface area contributed by atoms with E-state index in [2.05, 4.69) is 36.1 Å². The summed E-state index contributed by atoms with van der Waals surface area (Å²) in [6.45, 7) is 1.96. The first kappa shape index (κ1) is 23.7. The number of hydrogen-bond acceptors (Lipinski definition) is 5. The molecule has 2 unspecified atom stereocenters. The number of rotatable bonds is 7. The molecule has 0 saturated carbocycles. The third-order valence-corrected chi connectivity index (χ3v) is 6.47. The summed E-state index contributed by atoms with van der Waals surface area (Å²) in [5.74, 6) is -0.199. The maximum Gasteiger partial charge on any atom is 0.250 e. The Morgan fingerprint density at radius 1 is 1.08 bits per heavy atom. The number of hydrogen-bond donors (Lipinski definition) is 2. The first-order valence-corrected chi connectivity index (χ1v) is 12.0. The first-order chi connectivity index (χ1) is 17.6. The highest BCUT2D eigenvalue weighted by atomic mass is 32.1. The standard InChI is InChI=1S/C27H26N6O2S/c1-18-16-20(8-9-21(18)30-24(34)17-35-2)33-26(25(31-27(33)36)22-6-3-4-12-29-22)23-7-5-15-32(23)19-10-13-28-14-11-19/h3-16,25-26H,17H2,1-2H3,(H,30,34)(H,31,36). The number of nitrogens with zero attached hydrogens (tertiary/aromatic N) is 4. The summed E-state index contributed by atoms with van der Waals surface area (Å²) in [7, 11) is 1.50. The minimum absolute atomic E-state index is 0.00114. The average Bonchev–Trinajstić information content (AvgIpc) is 3.51. The minimum Gasteiger partial charge on any atom is -0.375 e. The van der Waals surface area contributed by atoms with E-state index in [0.29, 0.717) is 5.11 Å². The molecule has 36 heavy (non-hydrogen) atoms. The molecule has 1 aliphatic rings. The van der Waals surface area contributed by atoms with Gasteiger partial charge in [-0.2, -0.15) is 0 Å². The number of aromatic nitrogens is 3. The molecule has 0 bridgehead atoms. The highest BCUT2D eigenvalue weighted by Crippen LogP contribution is 2.42. The maximum atomic E-state index is 12.0. The minimum atomic E-state index is -0.199. The van der Waals surface area contributed by atoms with Crippen LogP contribution in [0.1, 0.15) is 29.0 Å². The predicted molar refractivity (Wildman–Crippen MR) is 143 cm³/mol. The number of nitrogens with one attached hydrogen (secondary N) is 2. The Bertz CT molecular complexity index is 1380. The lowest BCUT2D eigenvalue weighted by atomic mass is 10.0. The van der Waals surface area contributed by atoms with Crippen molar-refractivity contribution in [3.8, 4) is 5.69 Å². The summed E-state index contributed by atoms with van der Waals surface area (Å²) < 4.78 is 7.08. The third-order valence-electron chi connectivity index (χ3n) is 6.16. The number of anilines is 2. The second-order valence-corrected chi connectivity index (χ2v) is 8.87. The van der Waals surface area contributed by atoms with Crippen molar-refractivity contribution in [2.24, 2.45) is 0 Å². The molecule has 8 nitrogen and oxygen atoms in total. The van der Waals surface area contributed by atoms with Crippen LogP contribution in [0.15, 0.2) is 85.5 Å². The largest absolute Gasteiger partial charge is 0.375 e. The van der Waals surface area contributed by atoms with Crippen LogP contribution in [0.3, 0.4) is 0 Å². The number of benzene rings is 1. The highest BCUT2D eigenvalue weighted by molar-refractivity contribution is 7.80. The average molecular weight is 499 g/mol. The van der Waals surface area contributed by atoms with Crippen molar-refractivity contribution in [1.82, 2.24) is 19.9 Å². The fourth-order valence-electron chi connectivity index (χ4n) is 4.56. The molecule has 4 heterocycles. The van der Waals surface area contributed by atoms with Crippen LogP contribution in [0.2, 0.25) is 0 Å². The van der Waals surface area contributed by atoms with Crippen molar-refractivity contribution in [3.05, 3.63) is 102 Å². The summed E-state index contributed by atoms with van der Waals surface area (Å²) in [6.07, 6.45) is 7.40. The van der Waals surface area contributed by atoms with Gasteiger partial charge >= 0.3 is 0 Å². The van der Waals surface area contributed by atoms with E-state index < -0.39 is 0 Å². The molecule has 4 aromatic rings. The predicted octanol–water partition coefficient (Wildman–Crippen LogP) is 4.34. The normalized spacial score (nSPS) is 17.2. The fraction of sp³-hybridized carbons (Fsp3) is 0.185. The molecular formula is C27H26N6O2S. The molecule has 0 spiro atoms. The van der Waals surface area contributed by atoms with E-state index in [0.717, 1.165) is 34.0 Å². The molecule has 0 radical (unpaired) electrons. The summed E-state index contributed by atoms with van der Waals surface area (Å²) in [5, 5.41) is 7.00. The fourth-order valence-corrected chi connectivity index (χ4v) is 4.91. The first-order valence-electron chi connectivity index (χ1n) is 11.5. The van der Waals surface area contributed by atoms with Crippen LogP contribution in [0.5, 0.6) is 0 Å². The number of amides is 1. The van der Waals surface area contributed by atoms with Crippen molar-refractivity contribution < 1.29 is 9.53 Å². The molecule has 9 heteroatoms. The molecule has 2 atom stereocenters. The molecule has 0 aliphatic carbocycles. The summed E-state index contributed by atoms with van der Waals surface area (Å²) in [5.41, 5.74) is 5.53. The Morgan fingerprint density at radius 3 is 2.64 bits per heavy atom. The van der Waals surface area contributed by atoms with Crippen molar-refractivity contribution in [1.29, 1.82) is 0 Å². The van der Waals surface area contributed by atoms with Crippen LogP contribution >= 0.6 is 12.2 Å². The van der Waals surface area contributed by atoms with Gasteiger partial charge in [-0.15, -0.1) is 0 Å². The quantitative estimate of drug-likeness (QED) is 0.367. The van der Waals surface area contributed by atoms with Gasteiger partial charge in [0.25, 0.3) is 0 Å². The SMILES string of the molecule is COCC(=O)Nc1ccc(N2C(=S)NC(c3ccccn3)C2c2cccn2-c2ccncc2)cc1C. The zero-order valence-corrected chi connectivity index (χ0v) is 20.8. The van der Waals surface area contributed by atoms with Gasteiger partial charge in [0.15, 0.2) is 5.11 Å². The Kier molecular flexibility index (Phi) is 6.75. The molecule has 3 aromatic heterocycles. The Balaban J connectivity index is 1.58. The van der Waals surface area contributed by atoms with Crippen molar-refractivity contribution in [3.63, 3.8) is 0 Å². The molecule has 2 N–H and O–H groups in total. The molecule has 182 valence electrons. The zero-order valence-electron chi connectivity index (χ0n) is 20.0.